The van der Waals surface area contributed by atoms with Crippen molar-refractivity contribution >= 4 is 34.1 Å². The summed E-state index contributed by atoms with van der Waals surface area (Å²) in [6.45, 7) is 13.3. The highest BCUT2D eigenvalue weighted by Gasteiger charge is 2.36. The predicted octanol–water partition coefficient (Wildman–Crippen LogP) is 12.2. The minimum Gasteiger partial charge on any atom is -0.310 e. The lowest BCUT2D eigenvalue weighted by Gasteiger charge is -2.29. The Labute approximate surface area is 268 Å². The quantitative estimate of drug-likeness (QED) is 0.192. The van der Waals surface area contributed by atoms with Gasteiger partial charge in [0.2, 0.25) is 0 Å². The maximum Gasteiger partial charge on any atom is 0.0465 e. The molecular formula is C43H40N2. The van der Waals surface area contributed by atoms with E-state index in [4.69, 9.17) is 0 Å². The molecule has 0 aliphatic heterocycles. The molecule has 2 nitrogen and oxygen atoms in total. The first-order valence-electron chi connectivity index (χ1n) is 15.9. The maximum atomic E-state index is 2.41. The van der Waals surface area contributed by atoms with Crippen molar-refractivity contribution < 1.29 is 0 Å². The molecule has 6 aromatic rings. The standard InChI is InChI=1S/C43H40N2/c1-29-13-17-33(18-14-29)44(35-11-7-9-31(3)25-35)37-21-23-39-40-24-22-38(28-42(40)43(5,6)41(39)27-37)45(34-19-15-30(2)16-20-34)36-12-8-10-32(4)26-36/h7-28H,1-6H3. The third kappa shape index (κ3) is 5.21. The van der Waals surface area contributed by atoms with E-state index in [1.807, 2.05) is 0 Å². The lowest BCUT2D eigenvalue weighted by atomic mass is 9.82. The molecule has 0 atom stereocenters. The molecule has 1 aliphatic carbocycles. The van der Waals surface area contributed by atoms with Crippen LogP contribution in [0.5, 0.6) is 0 Å². The maximum absolute atomic E-state index is 2.41. The van der Waals surface area contributed by atoms with Crippen LogP contribution in [0.3, 0.4) is 0 Å². The fraction of sp³-hybridized carbons (Fsp3) is 0.163. The fourth-order valence-corrected chi connectivity index (χ4v) is 6.81. The zero-order valence-electron chi connectivity index (χ0n) is 27.1. The van der Waals surface area contributed by atoms with E-state index in [0.717, 1.165) is 11.4 Å². The summed E-state index contributed by atoms with van der Waals surface area (Å²) in [6, 6.07) is 49.3. The van der Waals surface area contributed by atoms with Crippen LogP contribution >= 0.6 is 0 Å². The summed E-state index contributed by atoms with van der Waals surface area (Å²) in [5.41, 5.74) is 17.2. The van der Waals surface area contributed by atoms with Gasteiger partial charge in [0.05, 0.1) is 0 Å². The van der Waals surface area contributed by atoms with Gasteiger partial charge < -0.3 is 9.80 Å². The summed E-state index contributed by atoms with van der Waals surface area (Å²) < 4.78 is 0. The number of aryl methyl sites for hydroxylation is 4. The van der Waals surface area contributed by atoms with Gasteiger partial charge in [0.1, 0.15) is 0 Å². The van der Waals surface area contributed by atoms with Crippen molar-refractivity contribution in [2.75, 3.05) is 9.80 Å². The number of anilines is 6. The van der Waals surface area contributed by atoms with Gasteiger partial charge in [-0.25, -0.2) is 0 Å². The zero-order valence-corrected chi connectivity index (χ0v) is 27.1. The summed E-state index contributed by atoms with van der Waals surface area (Å²) >= 11 is 0. The second-order valence-corrected chi connectivity index (χ2v) is 13.1. The van der Waals surface area contributed by atoms with E-state index in [2.05, 4.69) is 185 Å². The normalized spacial score (nSPS) is 12.8. The van der Waals surface area contributed by atoms with Crippen molar-refractivity contribution in [3.8, 4) is 11.1 Å². The smallest absolute Gasteiger partial charge is 0.0465 e. The molecule has 7 rings (SSSR count). The van der Waals surface area contributed by atoms with Crippen LogP contribution in [0, 0.1) is 27.7 Å². The van der Waals surface area contributed by atoms with E-state index in [0.29, 0.717) is 0 Å². The van der Waals surface area contributed by atoms with Crippen molar-refractivity contribution in [3.63, 3.8) is 0 Å². The molecule has 0 radical (unpaired) electrons. The van der Waals surface area contributed by atoms with Gasteiger partial charge in [-0.1, -0.05) is 85.6 Å². The number of nitrogens with zero attached hydrogens (tertiary/aromatic N) is 2. The van der Waals surface area contributed by atoms with Gasteiger partial charge in [0, 0.05) is 39.5 Å². The van der Waals surface area contributed by atoms with Crippen molar-refractivity contribution in [1.29, 1.82) is 0 Å². The molecule has 1 aliphatic rings. The third-order valence-corrected chi connectivity index (χ3v) is 9.26. The highest BCUT2D eigenvalue weighted by atomic mass is 15.1. The van der Waals surface area contributed by atoms with E-state index in [9.17, 15) is 0 Å². The Balaban J connectivity index is 1.34. The first-order valence-corrected chi connectivity index (χ1v) is 15.9. The van der Waals surface area contributed by atoms with Crippen molar-refractivity contribution in [2.24, 2.45) is 0 Å². The van der Waals surface area contributed by atoms with Gasteiger partial charge in [-0.2, -0.15) is 0 Å². The summed E-state index contributed by atoms with van der Waals surface area (Å²) in [4.78, 5) is 4.77. The van der Waals surface area contributed by atoms with Gasteiger partial charge in [0.25, 0.3) is 0 Å². The Morgan fingerprint density at radius 3 is 1.09 bits per heavy atom. The summed E-state index contributed by atoms with van der Waals surface area (Å²) in [5, 5.41) is 0. The van der Waals surface area contributed by atoms with E-state index >= 15 is 0 Å². The largest absolute Gasteiger partial charge is 0.310 e. The molecule has 222 valence electrons. The number of fused-ring (bicyclic) bond motifs is 3. The van der Waals surface area contributed by atoms with Crippen LogP contribution in [0.15, 0.2) is 133 Å². The Kier molecular flexibility index (Phi) is 7.09. The lowest BCUT2D eigenvalue weighted by Crippen LogP contribution is -2.17. The molecule has 6 aromatic carbocycles. The van der Waals surface area contributed by atoms with Gasteiger partial charge in [-0.15, -0.1) is 0 Å². The molecule has 0 saturated carbocycles. The van der Waals surface area contributed by atoms with Gasteiger partial charge in [-0.3, -0.25) is 0 Å². The second kappa shape index (κ2) is 11.1. The lowest BCUT2D eigenvalue weighted by molar-refractivity contribution is 0.660. The number of hydrogen-bond acceptors (Lipinski definition) is 2. The first-order chi connectivity index (χ1) is 21.7. The molecule has 2 heteroatoms. The Bertz CT molecular complexity index is 1870. The van der Waals surface area contributed by atoms with Crippen LogP contribution in [0.2, 0.25) is 0 Å². The van der Waals surface area contributed by atoms with Crippen LogP contribution in [-0.2, 0) is 5.41 Å². The van der Waals surface area contributed by atoms with Crippen LogP contribution < -0.4 is 9.80 Å². The monoisotopic (exact) mass is 584 g/mol. The number of hydrogen-bond donors (Lipinski definition) is 0. The molecule has 0 amide bonds. The number of rotatable bonds is 6. The molecule has 0 saturated heterocycles. The van der Waals surface area contributed by atoms with E-state index in [-0.39, 0.29) is 5.41 Å². The summed E-state index contributed by atoms with van der Waals surface area (Å²) in [6.07, 6.45) is 0. The highest BCUT2D eigenvalue weighted by Crippen LogP contribution is 2.52. The fourth-order valence-electron chi connectivity index (χ4n) is 6.81. The van der Waals surface area contributed by atoms with Crippen molar-refractivity contribution in [2.45, 2.75) is 47.0 Å². The predicted molar refractivity (Wildman–Crippen MR) is 192 cm³/mol. The minimum atomic E-state index is -0.173. The first kappa shape index (κ1) is 28.7. The molecule has 0 spiro atoms. The average molecular weight is 585 g/mol. The summed E-state index contributed by atoms with van der Waals surface area (Å²) in [5.74, 6) is 0. The van der Waals surface area contributed by atoms with Gasteiger partial charge >= 0.3 is 0 Å². The molecule has 45 heavy (non-hydrogen) atoms. The van der Waals surface area contributed by atoms with Crippen LogP contribution in [0.1, 0.15) is 47.2 Å². The molecule has 0 unspecified atom stereocenters. The Hall–Kier alpha value is -5.08. The Morgan fingerprint density at radius 1 is 0.356 bits per heavy atom. The van der Waals surface area contributed by atoms with E-state index < -0.39 is 0 Å². The minimum absolute atomic E-state index is 0.173. The van der Waals surface area contributed by atoms with Crippen LogP contribution in [-0.4, -0.2) is 0 Å². The number of benzene rings is 6. The second-order valence-electron chi connectivity index (χ2n) is 13.1. The van der Waals surface area contributed by atoms with Crippen LogP contribution in [0.25, 0.3) is 11.1 Å². The average Bonchev–Trinajstić information content (AvgIpc) is 3.25. The van der Waals surface area contributed by atoms with Crippen LogP contribution in [0.4, 0.5) is 34.1 Å². The van der Waals surface area contributed by atoms with Crippen molar-refractivity contribution in [3.05, 3.63) is 167 Å². The SMILES string of the molecule is Cc1ccc(N(c2cccc(C)c2)c2ccc3c(c2)C(C)(C)c2cc(N(c4ccc(C)cc4)c4cccc(C)c4)ccc2-3)cc1. The van der Waals surface area contributed by atoms with Gasteiger partial charge in [-0.05, 0) is 134 Å². The van der Waals surface area contributed by atoms with E-state index in [1.165, 1.54) is 67.3 Å². The zero-order chi connectivity index (χ0) is 31.3. The third-order valence-electron chi connectivity index (χ3n) is 9.26. The van der Waals surface area contributed by atoms with Gasteiger partial charge in [0.15, 0.2) is 0 Å². The molecule has 0 aromatic heterocycles. The summed E-state index contributed by atoms with van der Waals surface area (Å²) in [7, 11) is 0. The van der Waals surface area contributed by atoms with Crippen molar-refractivity contribution in [1.82, 2.24) is 0 Å². The molecule has 0 N–H and O–H groups in total. The molecule has 0 heterocycles. The topological polar surface area (TPSA) is 6.48 Å². The Morgan fingerprint density at radius 2 is 0.711 bits per heavy atom. The van der Waals surface area contributed by atoms with E-state index in [1.54, 1.807) is 0 Å². The molecule has 0 bridgehead atoms. The highest BCUT2D eigenvalue weighted by molar-refractivity contribution is 5.88. The molecule has 0 fully saturated rings. The molecular weight excluding hydrogens is 544 g/mol.